The standard InChI is InChI=1S/C13H19NO2S/c1-16-8-4-7-14-13(15)11-9-17-12-6-3-2-5-10(11)12/h9H,2-8H2,1H3,(H,14,15). The molecule has 0 aromatic carbocycles. The van der Waals surface area contributed by atoms with Crippen LogP contribution in [0.3, 0.4) is 0 Å². The highest BCUT2D eigenvalue weighted by Crippen LogP contribution is 2.29. The average molecular weight is 253 g/mol. The number of carbonyl (C=O) groups is 1. The molecular formula is C13H19NO2S. The van der Waals surface area contributed by atoms with Gasteiger partial charge in [0.2, 0.25) is 0 Å². The second-order valence-corrected chi connectivity index (χ2v) is 5.32. The second kappa shape index (κ2) is 6.17. The monoisotopic (exact) mass is 253 g/mol. The maximum absolute atomic E-state index is 12.0. The zero-order valence-electron chi connectivity index (χ0n) is 10.3. The fourth-order valence-corrected chi connectivity index (χ4v) is 3.32. The van der Waals surface area contributed by atoms with Gasteiger partial charge in [-0.2, -0.15) is 0 Å². The van der Waals surface area contributed by atoms with Gasteiger partial charge in [0, 0.05) is 30.5 Å². The molecule has 0 aliphatic heterocycles. The van der Waals surface area contributed by atoms with E-state index in [1.807, 2.05) is 5.38 Å². The number of methoxy groups -OCH3 is 1. The predicted molar refractivity (Wildman–Crippen MR) is 69.8 cm³/mol. The van der Waals surface area contributed by atoms with Crippen LogP contribution >= 0.6 is 11.3 Å². The van der Waals surface area contributed by atoms with Gasteiger partial charge in [-0.1, -0.05) is 0 Å². The smallest absolute Gasteiger partial charge is 0.252 e. The molecule has 0 atom stereocenters. The van der Waals surface area contributed by atoms with E-state index < -0.39 is 0 Å². The van der Waals surface area contributed by atoms with Crippen molar-refractivity contribution in [3.63, 3.8) is 0 Å². The SMILES string of the molecule is COCCCNC(=O)c1csc2c1CCCC2. The molecule has 1 aromatic heterocycles. The third kappa shape index (κ3) is 3.07. The highest BCUT2D eigenvalue weighted by atomic mass is 32.1. The van der Waals surface area contributed by atoms with E-state index in [0.29, 0.717) is 13.2 Å². The highest BCUT2D eigenvalue weighted by molar-refractivity contribution is 7.10. The number of hydrogen-bond donors (Lipinski definition) is 1. The summed E-state index contributed by atoms with van der Waals surface area (Å²) in [6.07, 6.45) is 5.57. The number of amides is 1. The first kappa shape index (κ1) is 12.6. The molecule has 1 heterocycles. The largest absolute Gasteiger partial charge is 0.385 e. The number of fused-ring (bicyclic) bond motifs is 1. The first-order valence-electron chi connectivity index (χ1n) is 6.19. The molecule has 1 aromatic rings. The summed E-state index contributed by atoms with van der Waals surface area (Å²) in [7, 11) is 1.68. The first-order chi connectivity index (χ1) is 8.33. The van der Waals surface area contributed by atoms with E-state index in [1.54, 1.807) is 18.4 Å². The van der Waals surface area contributed by atoms with Gasteiger partial charge in [0.1, 0.15) is 0 Å². The number of ether oxygens (including phenoxy) is 1. The summed E-state index contributed by atoms with van der Waals surface area (Å²) in [5.74, 6) is 0.0838. The van der Waals surface area contributed by atoms with E-state index in [-0.39, 0.29) is 5.91 Å². The van der Waals surface area contributed by atoms with Crippen molar-refractivity contribution in [1.82, 2.24) is 5.32 Å². The number of thiophene rings is 1. The molecule has 94 valence electrons. The van der Waals surface area contributed by atoms with Crippen molar-refractivity contribution in [3.05, 3.63) is 21.4 Å². The molecule has 0 fully saturated rings. The van der Waals surface area contributed by atoms with Gasteiger partial charge in [0.05, 0.1) is 5.56 Å². The molecule has 0 saturated heterocycles. The molecule has 1 aliphatic carbocycles. The van der Waals surface area contributed by atoms with E-state index in [2.05, 4.69) is 5.32 Å². The Morgan fingerprint density at radius 1 is 1.47 bits per heavy atom. The van der Waals surface area contributed by atoms with Crippen LogP contribution in [0.2, 0.25) is 0 Å². The number of carbonyl (C=O) groups excluding carboxylic acids is 1. The van der Waals surface area contributed by atoms with Crippen molar-refractivity contribution >= 4 is 17.2 Å². The van der Waals surface area contributed by atoms with Gasteiger partial charge in [-0.25, -0.2) is 0 Å². The molecule has 3 nitrogen and oxygen atoms in total. The third-order valence-corrected chi connectivity index (χ3v) is 4.21. The van der Waals surface area contributed by atoms with E-state index in [9.17, 15) is 4.79 Å². The number of aryl methyl sites for hydroxylation is 1. The van der Waals surface area contributed by atoms with Crippen LogP contribution < -0.4 is 5.32 Å². The Balaban J connectivity index is 1.92. The van der Waals surface area contributed by atoms with Crippen molar-refractivity contribution in [2.75, 3.05) is 20.3 Å². The number of nitrogens with one attached hydrogen (secondary N) is 1. The van der Waals surface area contributed by atoms with Crippen LogP contribution in [-0.2, 0) is 17.6 Å². The lowest BCUT2D eigenvalue weighted by Gasteiger charge is -2.12. The molecule has 4 heteroatoms. The lowest BCUT2D eigenvalue weighted by molar-refractivity contribution is 0.0948. The Kier molecular flexibility index (Phi) is 4.57. The Morgan fingerprint density at radius 3 is 3.12 bits per heavy atom. The summed E-state index contributed by atoms with van der Waals surface area (Å²) in [6, 6.07) is 0. The summed E-state index contributed by atoms with van der Waals surface area (Å²) >= 11 is 1.74. The van der Waals surface area contributed by atoms with Gasteiger partial charge in [-0.05, 0) is 37.7 Å². The van der Waals surface area contributed by atoms with Crippen LogP contribution in [0.5, 0.6) is 0 Å². The normalized spacial score (nSPS) is 14.4. The molecule has 0 bridgehead atoms. The quantitative estimate of drug-likeness (QED) is 0.818. The molecule has 0 unspecified atom stereocenters. The van der Waals surface area contributed by atoms with E-state index in [1.165, 1.54) is 23.3 Å². The van der Waals surface area contributed by atoms with Crippen LogP contribution in [0.1, 0.15) is 40.1 Å². The van der Waals surface area contributed by atoms with Crippen molar-refractivity contribution in [2.24, 2.45) is 0 Å². The van der Waals surface area contributed by atoms with Crippen LogP contribution in [0.25, 0.3) is 0 Å². The molecular weight excluding hydrogens is 234 g/mol. The van der Waals surface area contributed by atoms with Gasteiger partial charge in [0.25, 0.3) is 5.91 Å². The Labute approximate surface area is 106 Å². The predicted octanol–water partition coefficient (Wildman–Crippen LogP) is 2.39. The zero-order valence-corrected chi connectivity index (χ0v) is 11.1. The molecule has 1 amide bonds. The number of rotatable bonds is 5. The van der Waals surface area contributed by atoms with Crippen molar-refractivity contribution in [3.8, 4) is 0 Å². The minimum atomic E-state index is 0.0838. The Morgan fingerprint density at radius 2 is 2.29 bits per heavy atom. The molecule has 1 N–H and O–H groups in total. The van der Waals surface area contributed by atoms with E-state index >= 15 is 0 Å². The first-order valence-corrected chi connectivity index (χ1v) is 7.07. The fraction of sp³-hybridized carbons (Fsp3) is 0.615. The van der Waals surface area contributed by atoms with Crippen molar-refractivity contribution in [1.29, 1.82) is 0 Å². The molecule has 0 saturated carbocycles. The summed E-state index contributed by atoms with van der Waals surface area (Å²) in [6.45, 7) is 1.39. The third-order valence-electron chi connectivity index (χ3n) is 3.12. The molecule has 0 spiro atoms. The summed E-state index contributed by atoms with van der Waals surface area (Å²) in [5.41, 5.74) is 2.20. The molecule has 0 radical (unpaired) electrons. The van der Waals surface area contributed by atoms with Crippen molar-refractivity contribution < 1.29 is 9.53 Å². The van der Waals surface area contributed by atoms with E-state index in [0.717, 1.165) is 24.8 Å². The summed E-state index contributed by atoms with van der Waals surface area (Å²) < 4.78 is 4.96. The lowest BCUT2D eigenvalue weighted by atomic mass is 9.96. The second-order valence-electron chi connectivity index (χ2n) is 4.36. The fourth-order valence-electron chi connectivity index (χ4n) is 2.20. The molecule has 17 heavy (non-hydrogen) atoms. The molecule has 1 aliphatic rings. The topological polar surface area (TPSA) is 38.3 Å². The average Bonchev–Trinajstić information content (AvgIpc) is 2.78. The highest BCUT2D eigenvalue weighted by Gasteiger charge is 2.19. The number of hydrogen-bond acceptors (Lipinski definition) is 3. The summed E-state index contributed by atoms with van der Waals surface area (Å²) in [4.78, 5) is 13.4. The summed E-state index contributed by atoms with van der Waals surface area (Å²) in [5, 5.41) is 4.97. The van der Waals surface area contributed by atoms with E-state index in [4.69, 9.17) is 4.74 Å². The Bertz CT molecular complexity index is 387. The van der Waals surface area contributed by atoms with Gasteiger partial charge >= 0.3 is 0 Å². The zero-order chi connectivity index (χ0) is 12.1. The van der Waals surface area contributed by atoms with Crippen LogP contribution in [0, 0.1) is 0 Å². The lowest BCUT2D eigenvalue weighted by Crippen LogP contribution is -2.26. The van der Waals surface area contributed by atoms with Gasteiger partial charge < -0.3 is 10.1 Å². The van der Waals surface area contributed by atoms with Gasteiger partial charge in [-0.3, -0.25) is 4.79 Å². The van der Waals surface area contributed by atoms with Gasteiger partial charge in [0.15, 0.2) is 0 Å². The van der Waals surface area contributed by atoms with Crippen LogP contribution in [0.4, 0.5) is 0 Å². The minimum absolute atomic E-state index is 0.0838. The van der Waals surface area contributed by atoms with Crippen molar-refractivity contribution in [2.45, 2.75) is 32.1 Å². The van der Waals surface area contributed by atoms with Crippen LogP contribution in [0.15, 0.2) is 5.38 Å². The van der Waals surface area contributed by atoms with Gasteiger partial charge in [-0.15, -0.1) is 11.3 Å². The minimum Gasteiger partial charge on any atom is -0.385 e. The maximum atomic E-state index is 12.0. The Hall–Kier alpha value is -0.870. The van der Waals surface area contributed by atoms with Crippen LogP contribution in [-0.4, -0.2) is 26.2 Å². The molecule has 2 rings (SSSR count). The maximum Gasteiger partial charge on any atom is 0.252 e.